The first-order valence-electron chi connectivity index (χ1n) is 10.4. The first-order chi connectivity index (χ1) is 15.3. The third-order valence-electron chi connectivity index (χ3n) is 5.96. The summed E-state index contributed by atoms with van der Waals surface area (Å²) in [6, 6.07) is 32.3. The first-order valence-corrected chi connectivity index (χ1v) is 11.2. The highest BCUT2D eigenvalue weighted by atomic mass is 79.9. The monoisotopic (exact) mass is 462 g/mol. The summed E-state index contributed by atoms with van der Waals surface area (Å²) < 4.78 is 1.06. The molecule has 0 spiro atoms. The summed E-state index contributed by atoms with van der Waals surface area (Å²) in [5.74, 6) is 0. The normalized spacial score (nSPS) is 15.4. The molecule has 0 bridgehead atoms. The molecular weight excluding hydrogens is 444 g/mol. The molecule has 5 aromatic rings. The lowest BCUT2D eigenvalue weighted by Crippen LogP contribution is -2.25. The molecule has 1 unspecified atom stereocenters. The van der Waals surface area contributed by atoms with E-state index in [4.69, 9.17) is 4.98 Å². The van der Waals surface area contributed by atoms with Gasteiger partial charge in [0, 0.05) is 27.3 Å². The second-order valence-corrected chi connectivity index (χ2v) is 8.75. The topological polar surface area (TPSA) is 16.1 Å². The van der Waals surface area contributed by atoms with E-state index in [9.17, 15) is 0 Å². The number of fused-ring (bicyclic) bond motifs is 4. The molecule has 0 fully saturated rings. The van der Waals surface area contributed by atoms with Gasteiger partial charge in [-0.25, -0.2) is 0 Å². The van der Waals surface area contributed by atoms with Crippen molar-refractivity contribution in [1.82, 2.24) is 4.98 Å². The fraction of sp³-hybridized carbons (Fsp3) is 0.0357. The van der Waals surface area contributed by atoms with Gasteiger partial charge in [-0.15, -0.1) is 0 Å². The van der Waals surface area contributed by atoms with Crippen LogP contribution >= 0.6 is 15.9 Å². The predicted molar refractivity (Wildman–Crippen MR) is 134 cm³/mol. The number of halogens is 1. The van der Waals surface area contributed by atoms with Gasteiger partial charge in [0.2, 0.25) is 0 Å². The van der Waals surface area contributed by atoms with Crippen LogP contribution in [0.3, 0.4) is 0 Å². The molecule has 0 saturated heterocycles. The zero-order chi connectivity index (χ0) is 20.8. The van der Waals surface area contributed by atoms with Crippen molar-refractivity contribution in [2.75, 3.05) is 4.90 Å². The Morgan fingerprint density at radius 3 is 2.48 bits per heavy atom. The van der Waals surface area contributed by atoms with Crippen molar-refractivity contribution in [2.24, 2.45) is 0 Å². The highest BCUT2D eigenvalue weighted by Gasteiger charge is 2.28. The minimum absolute atomic E-state index is 0.0685. The van der Waals surface area contributed by atoms with Crippen LogP contribution in [0.15, 0.2) is 108 Å². The molecule has 1 atom stereocenters. The Morgan fingerprint density at radius 2 is 1.58 bits per heavy atom. The van der Waals surface area contributed by atoms with E-state index in [1.54, 1.807) is 0 Å². The second-order valence-electron chi connectivity index (χ2n) is 7.84. The largest absolute Gasteiger partial charge is 0.328 e. The van der Waals surface area contributed by atoms with Gasteiger partial charge in [-0.2, -0.15) is 0 Å². The molecule has 148 valence electrons. The number of hydrogen-bond acceptors (Lipinski definition) is 2. The minimum Gasteiger partial charge on any atom is -0.328 e. The summed E-state index contributed by atoms with van der Waals surface area (Å²) in [4.78, 5) is 7.20. The van der Waals surface area contributed by atoms with Gasteiger partial charge in [-0.3, -0.25) is 4.98 Å². The van der Waals surface area contributed by atoms with Crippen LogP contribution < -0.4 is 4.90 Å². The van der Waals surface area contributed by atoms with Gasteiger partial charge in [0.15, 0.2) is 0 Å². The van der Waals surface area contributed by atoms with Gasteiger partial charge in [0.1, 0.15) is 0 Å². The molecule has 4 aromatic carbocycles. The number of benzene rings is 4. The zero-order valence-electron chi connectivity index (χ0n) is 16.7. The summed E-state index contributed by atoms with van der Waals surface area (Å²) in [6.07, 6.45) is 6.41. The van der Waals surface area contributed by atoms with E-state index in [2.05, 4.69) is 118 Å². The van der Waals surface area contributed by atoms with E-state index in [1.165, 1.54) is 21.9 Å². The smallest absolute Gasteiger partial charge is 0.0945 e. The van der Waals surface area contributed by atoms with Crippen LogP contribution in [0.1, 0.15) is 17.2 Å². The Kier molecular flexibility index (Phi) is 4.36. The second kappa shape index (κ2) is 7.36. The van der Waals surface area contributed by atoms with Crippen LogP contribution in [0.5, 0.6) is 0 Å². The van der Waals surface area contributed by atoms with Gasteiger partial charge in [-0.05, 0) is 46.7 Å². The molecule has 2 heterocycles. The predicted octanol–water partition coefficient (Wildman–Crippen LogP) is 8.06. The molecule has 0 saturated carbocycles. The maximum absolute atomic E-state index is 4.78. The Bertz CT molecular complexity index is 1470. The lowest BCUT2D eigenvalue weighted by molar-refractivity contribution is 0.849. The minimum atomic E-state index is 0.0685. The summed E-state index contributed by atoms with van der Waals surface area (Å²) in [5.41, 5.74) is 5.75. The number of nitrogens with zero attached hydrogens (tertiary/aromatic N) is 2. The molecule has 2 nitrogen and oxygen atoms in total. The van der Waals surface area contributed by atoms with E-state index in [-0.39, 0.29) is 6.04 Å². The Balaban J connectivity index is 1.62. The van der Waals surface area contributed by atoms with Crippen LogP contribution in [0.2, 0.25) is 0 Å². The fourth-order valence-corrected chi connectivity index (χ4v) is 4.91. The van der Waals surface area contributed by atoms with Crippen LogP contribution in [0.4, 0.5) is 11.4 Å². The average Bonchev–Trinajstić information content (AvgIpc) is 2.83. The molecule has 0 N–H and O–H groups in total. The van der Waals surface area contributed by atoms with Gasteiger partial charge in [0.25, 0.3) is 0 Å². The third-order valence-corrected chi connectivity index (χ3v) is 6.45. The highest BCUT2D eigenvalue weighted by molar-refractivity contribution is 9.10. The number of pyridine rings is 1. The molecule has 1 aromatic heterocycles. The highest BCUT2D eigenvalue weighted by Crippen LogP contribution is 2.45. The zero-order valence-corrected chi connectivity index (χ0v) is 18.3. The van der Waals surface area contributed by atoms with Crippen LogP contribution in [-0.4, -0.2) is 4.98 Å². The number of rotatable bonds is 2. The fourth-order valence-electron chi connectivity index (χ4n) is 4.52. The maximum atomic E-state index is 4.78. The van der Waals surface area contributed by atoms with Gasteiger partial charge >= 0.3 is 0 Å². The number of hydrogen-bond donors (Lipinski definition) is 0. The van der Waals surface area contributed by atoms with E-state index in [0.29, 0.717) is 0 Å². The molecule has 0 amide bonds. The Morgan fingerprint density at radius 1 is 0.742 bits per heavy atom. The molecule has 1 aliphatic heterocycles. The number of aromatic nitrogens is 1. The molecule has 3 heteroatoms. The molecule has 0 aliphatic carbocycles. The number of anilines is 2. The van der Waals surface area contributed by atoms with Gasteiger partial charge in [-0.1, -0.05) is 88.7 Å². The molecule has 1 aliphatic rings. The van der Waals surface area contributed by atoms with Crippen molar-refractivity contribution in [3.8, 4) is 0 Å². The van der Waals surface area contributed by atoms with Crippen LogP contribution in [0, 0.1) is 0 Å². The van der Waals surface area contributed by atoms with Gasteiger partial charge < -0.3 is 4.90 Å². The van der Waals surface area contributed by atoms with Crippen molar-refractivity contribution < 1.29 is 0 Å². The third kappa shape index (κ3) is 3.13. The lowest BCUT2D eigenvalue weighted by atomic mass is 9.93. The van der Waals surface area contributed by atoms with E-state index < -0.39 is 0 Å². The standard InChI is InChI=1S/C28H19BrN2/c29-24-8-3-9-25(18-24)31-26(23-13-10-19-5-1-2-6-22(19)17-23)15-14-21-12-11-20-7-4-16-30-27(20)28(21)31/h1-18,26H. The molecule has 0 radical (unpaired) electrons. The molecule has 6 rings (SSSR count). The van der Waals surface area contributed by atoms with Crippen LogP contribution in [0.25, 0.3) is 27.8 Å². The van der Waals surface area contributed by atoms with E-state index >= 15 is 0 Å². The van der Waals surface area contributed by atoms with Crippen molar-refractivity contribution in [2.45, 2.75) is 6.04 Å². The Labute approximate surface area is 189 Å². The summed E-state index contributed by atoms with van der Waals surface area (Å²) >= 11 is 3.67. The quantitative estimate of drug-likeness (QED) is 0.263. The van der Waals surface area contributed by atoms with E-state index in [0.717, 1.165) is 26.8 Å². The van der Waals surface area contributed by atoms with Crippen molar-refractivity contribution in [3.05, 3.63) is 119 Å². The van der Waals surface area contributed by atoms with E-state index in [1.807, 2.05) is 12.3 Å². The maximum Gasteiger partial charge on any atom is 0.0945 e. The SMILES string of the molecule is Brc1cccc(N2c3c(ccc4cccnc34)C=CC2c2ccc3ccccc3c2)c1. The molecule has 31 heavy (non-hydrogen) atoms. The van der Waals surface area contributed by atoms with Gasteiger partial charge in [0.05, 0.1) is 17.2 Å². The van der Waals surface area contributed by atoms with Crippen LogP contribution in [-0.2, 0) is 0 Å². The lowest BCUT2D eigenvalue weighted by Gasteiger charge is -2.37. The van der Waals surface area contributed by atoms with Crippen molar-refractivity contribution in [3.63, 3.8) is 0 Å². The van der Waals surface area contributed by atoms with Crippen molar-refractivity contribution >= 4 is 55.1 Å². The summed E-state index contributed by atoms with van der Waals surface area (Å²) in [6.45, 7) is 0. The average molecular weight is 463 g/mol. The first kappa shape index (κ1) is 18.3. The Hall–Kier alpha value is -3.43. The summed E-state index contributed by atoms with van der Waals surface area (Å²) in [7, 11) is 0. The van der Waals surface area contributed by atoms with Crippen molar-refractivity contribution in [1.29, 1.82) is 0 Å². The summed E-state index contributed by atoms with van der Waals surface area (Å²) in [5, 5.41) is 3.66. The molecular formula is C28H19BrN2.